The number of ether oxygens (including phenoxy) is 1. The van der Waals surface area contributed by atoms with Crippen molar-refractivity contribution in [3.8, 4) is 5.75 Å². The highest BCUT2D eigenvalue weighted by atomic mass is 35.5. The second-order valence-corrected chi connectivity index (χ2v) is 7.54. The highest BCUT2D eigenvalue weighted by molar-refractivity contribution is 6.31. The van der Waals surface area contributed by atoms with E-state index >= 15 is 0 Å². The summed E-state index contributed by atoms with van der Waals surface area (Å²) < 4.78 is 5.87. The van der Waals surface area contributed by atoms with Gasteiger partial charge in [-0.1, -0.05) is 61.0 Å². The summed E-state index contributed by atoms with van der Waals surface area (Å²) in [4.78, 5) is 25.6. The van der Waals surface area contributed by atoms with E-state index in [1.807, 2.05) is 44.2 Å². The van der Waals surface area contributed by atoms with E-state index in [9.17, 15) is 9.59 Å². The van der Waals surface area contributed by atoms with Crippen molar-refractivity contribution in [3.63, 3.8) is 0 Å². The lowest BCUT2D eigenvalue weighted by atomic mass is 10.1. The van der Waals surface area contributed by atoms with Crippen molar-refractivity contribution in [1.29, 1.82) is 0 Å². The largest absolute Gasteiger partial charge is 0.481 e. The Kier molecular flexibility index (Phi) is 7.68. The van der Waals surface area contributed by atoms with Crippen molar-refractivity contribution < 1.29 is 14.3 Å². The first-order valence-electron chi connectivity index (χ1n) is 10.1. The molecule has 0 bridgehead atoms. The summed E-state index contributed by atoms with van der Waals surface area (Å²) in [6.45, 7) is 4.14. The zero-order valence-corrected chi connectivity index (χ0v) is 18.3. The van der Waals surface area contributed by atoms with Crippen LogP contribution in [0.2, 0.25) is 5.02 Å². The summed E-state index contributed by atoms with van der Waals surface area (Å²) in [7, 11) is 0. The van der Waals surface area contributed by atoms with Crippen molar-refractivity contribution in [1.82, 2.24) is 5.32 Å². The van der Waals surface area contributed by atoms with Gasteiger partial charge in [0, 0.05) is 11.6 Å². The fourth-order valence-electron chi connectivity index (χ4n) is 3.05. The van der Waals surface area contributed by atoms with Gasteiger partial charge in [-0.3, -0.25) is 9.59 Å². The molecule has 2 amide bonds. The first-order chi connectivity index (χ1) is 15.0. The van der Waals surface area contributed by atoms with Gasteiger partial charge in [0.15, 0.2) is 6.10 Å². The summed E-state index contributed by atoms with van der Waals surface area (Å²) in [6.07, 6.45) is -0.239. The van der Waals surface area contributed by atoms with E-state index in [-0.39, 0.29) is 11.8 Å². The smallest absolute Gasteiger partial charge is 0.265 e. The summed E-state index contributed by atoms with van der Waals surface area (Å²) in [5, 5.41) is 6.36. The number of para-hydroxylation sites is 1. The van der Waals surface area contributed by atoms with Gasteiger partial charge < -0.3 is 15.4 Å². The van der Waals surface area contributed by atoms with Crippen LogP contribution in [0, 0.1) is 6.92 Å². The number of hydrogen-bond acceptors (Lipinski definition) is 3. The number of carbonyl (C=O) groups excluding carboxylic acids is 2. The molecule has 6 heteroatoms. The summed E-state index contributed by atoms with van der Waals surface area (Å²) in [5.74, 6) is -0.0155. The van der Waals surface area contributed by atoms with E-state index in [2.05, 4.69) is 10.6 Å². The highest BCUT2D eigenvalue weighted by Crippen LogP contribution is 2.23. The van der Waals surface area contributed by atoms with E-state index in [4.69, 9.17) is 16.3 Å². The van der Waals surface area contributed by atoms with Crippen molar-refractivity contribution in [2.24, 2.45) is 0 Å². The van der Waals surface area contributed by atoms with Crippen LogP contribution in [0.4, 0.5) is 5.69 Å². The first-order valence-corrected chi connectivity index (χ1v) is 10.5. The molecule has 0 fully saturated rings. The van der Waals surface area contributed by atoms with Gasteiger partial charge in [-0.15, -0.1) is 0 Å². The number of anilines is 1. The Balaban J connectivity index is 1.68. The molecule has 160 valence electrons. The molecule has 0 saturated carbocycles. The minimum absolute atomic E-state index is 0.262. The van der Waals surface area contributed by atoms with Crippen LogP contribution in [0.25, 0.3) is 0 Å². The third-order valence-corrected chi connectivity index (χ3v) is 5.22. The molecular weight excluding hydrogens is 412 g/mol. The quantitative estimate of drug-likeness (QED) is 0.498. The average Bonchev–Trinajstić information content (AvgIpc) is 2.79. The molecule has 31 heavy (non-hydrogen) atoms. The lowest BCUT2D eigenvalue weighted by Gasteiger charge is -2.19. The maximum atomic E-state index is 12.9. The molecule has 0 unspecified atom stereocenters. The Morgan fingerprint density at radius 1 is 1.00 bits per heavy atom. The van der Waals surface area contributed by atoms with Crippen molar-refractivity contribution >= 4 is 29.1 Å². The van der Waals surface area contributed by atoms with Gasteiger partial charge >= 0.3 is 0 Å². The average molecular weight is 437 g/mol. The molecule has 0 aliphatic heterocycles. The highest BCUT2D eigenvalue weighted by Gasteiger charge is 2.21. The predicted octanol–water partition coefficient (Wildman–Crippen LogP) is 5.37. The van der Waals surface area contributed by atoms with E-state index in [1.165, 1.54) is 0 Å². The summed E-state index contributed by atoms with van der Waals surface area (Å²) in [6, 6.07) is 21.8. The number of aryl methyl sites for hydroxylation is 1. The van der Waals surface area contributed by atoms with Crippen LogP contribution < -0.4 is 15.4 Å². The maximum absolute atomic E-state index is 12.9. The predicted molar refractivity (Wildman–Crippen MR) is 124 cm³/mol. The number of amides is 2. The molecule has 0 heterocycles. The fourth-order valence-corrected chi connectivity index (χ4v) is 3.17. The first kappa shape index (κ1) is 22.4. The van der Waals surface area contributed by atoms with E-state index < -0.39 is 6.10 Å². The lowest BCUT2D eigenvalue weighted by Crippen LogP contribution is -2.33. The van der Waals surface area contributed by atoms with Crippen LogP contribution in [-0.2, 0) is 11.3 Å². The zero-order valence-electron chi connectivity index (χ0n) is 17.5. The van der Waals surface area contributed by atoms with Crippen LogP contribution in [0.5, 0.6) is 5.75 Å². The van der Waals surface area contributed by atoms with Crippen molar-refractivity contribution in [2.45, 2.75) is 32.9 Å². The van der Waals surface area contributed by atoms with Gasteiger partial charge in [-0.05, 0) is 54.8 Å². The second kappa shape index (κ2) is 10.6. The van der Waals surface area contributed by atoms with Crippen LogP contribution in [-0.4, -0.2) is 17.9 Å². The molecule has 3 aromatic carbocycles. The number of carbonyl (C=O) groups is 2. The number of hydrogen-bond donors (Lipinski definition) is 2. The second-order valence-electron chi connectivity index (χ2n) is 7.13. The molecular formula is C25H25ClN2O3. The van der Waals surface area contributed by atoms with Crippen LogP contribution in [0.3, 0.4) is 0 Å². The van der Waals surface area contributed by atoms with Gasteiger partial charge in [-0.25, -0.2) is 0 Å². The van der Waals surface area contributed by atoms with Gasteiger partial charge in [-0.2, -0.15) is 0 Å². The van der Waals surface area contributed by atoms with E-state index in [0.29, 0.717) is 35.0 Å². The number of nitrogens with one attached hydrogen (secondary N) is 2. The Labute approximate surface area is 187 Å². The molecule has 0 spiro atoms. The normalized spacial score (nSPS) is 11.5. The standard InChI is InChI=1S/C25H25ClN2O3/c1-3-23(31-19-13-14-21(26)17(2)15-19)25(30)28-22-12-8-7-11-20(22)24(29)27-16-18-9-5-4-6-10-18/h4-15,23H,3,16H2,1-2H3,(H,27,29)(H,28,30)/t23-/m0/s1. The Bertz CT molecular complexity index is 1050. The van der Waals surface area contributed by atoms with Gasteiger partial charge in [0.1, 0.15) is 5.75 Å². The van der Waals surface area contributed by atoms with Gasteiger partial charge in [0.2, 0.25) is 0 Å². The zero-order chi connectivity index (χ0) is 22.2. The molecule has 0 aliphatic rings. The van der Waals surface area contributed by atoms with Crippen molar-refractivity contribution in [3.05, 3.63) is 94.5 Å². The molecule has 3 aromatic rings. The third-order valence-electron chi connectivity index (χ3n) is 4.80. The van der Waals surface area contributed by atoms with E-state index in [1.54, 1.807) is 42.5 Å². The Morgan fingerprint density at radius 2 is 1.71 bits per heavy atom. The van der Waals surface area contributed by atoms with Gasteiger partial charge in [0.05, 0.1) is 11.3 Å². The van der Waals surface area contributed by atoms with Crippen LogP contribution in [0.15, 0.2) is 72.8 Å². The lowest BCUT2D eigenvalue weighted by molar-refractivity contribution is -0.122. The topological polar surface area (TPSA) is 67.4 Å². The molecule has 0 aliphatic carbocycles. The molecule has 0 saturated heterocycles. The third kappa shape index (κ3) is 6.09. The molecule has 0 radical (unpaired) electrons. The maximum Gasteiger partial charge on any atom is 0.265 e. The van der Waals surface area contributed by atoms with Gasteiger partial charge in [0.25, 0.3) is 11.8 Å². The SMILES string of the molecule is CC[C@H](Oc1ccc(Cl)c(C)c1)C(=O)Nc1ccccc1C(=O)NCc1ccccc1. The van der Waals surface area contributed by atoms with E-state index in [0.717, 1.165) is 11.1 Å². The fraction of sp³-hybridized carbons (Fsp3) is 0.200. The summed E-state index contributed by atoms with van der Waals surface area (Å²) in [5.41, 5.74) is 2.70. The van der Waals surface area contributed by atoms with Crippen molar-refractivity contribution in [2.75, 3.05) is 5.32 Å². The molecule has 3 rings (SSSR count). The number of rotatable bonds is 8. The Morgan fingerprint density at radius 3 is 2.42 bits per heavy atom. The van der Waals surface area contributed by atoms with Crippen LogP contribution in [0.1, 0.15) is 34.8 Å². The minimum atomic E-state index is -0.707. The monoisotopic (exact) mass is 436 g/mol. The van der Waals surface area contributed by atoms with Crippen LogP contribution >= 0.6 is 11.6 Å². The summed E-state index contributed by atoms with van der Waals surface area (Å²) >= 11 is 6.06. The molecule has 5 nitrogen and oxygen atoms in total. The molecule has 1 atom stereocenters. The molecule has 2 N–H and O–H groups in total. The molecule has 0 aromatic heterocycles. The number of benzene rings is 3. The Hall–Kier alpha value is -3.31. The minimum Gasteiger partial charge on any atom is -0.481 e. The number of halogens is 1.